The van der Waals surface area contributed by atoms with E-state index < -0.39 is 5.91 Å². The molecule has 0 bridgehead atoms. The van der Waals surface area contributed by atoms with Crippen LogP contribution >= 0.6 is 0 Å². The molecule has 0 unspecified atom stereocenters. The van der Waals surface area contributed by atoms with E-state index in [0.29, 0.717) is 11.5 Å². The summed E-state index contributed by atoms with van der Waals surface area (Å²) in [6.07, 6.45) is 0. The quantitative estimate of drug-likeness (QED) is 0.830. The van der Waals surface area contributed by atoms with E-state index in [-0.39, 0.29) is 18.3 Å². The van der Waals surface area contributed by atoms with Crippen LogP contribution in [0.3, 0.4) is 0 Å². The second-order valence-corrected chi connectivity index (χ2v) is 3.73. The summed E-state index contributed by atoms with van der Waals surface area (Å²) >= 11 is 0. The molecule has 0 aliphatic heterocycles. The zero-order valence-electron chi connectivity index (χ0n) is 10.1. The minimum absolute atomic E-state index is 0.147. The maximum absolute atomic E-state index is 11.8. The van der Waals surface area contributed by atoms with Gasteiger partial charge in [-0.15, -0.1) is 5.10 Å². The van der Waals surface area contributed by atoms with Gasteiger partial charge in [-0.05, 0) is 26.0 Å². The van der Waals surface area contributed by atoms with Crippen molar-refractivity contribution in [1.82, 2.24) is 15.2 Å². The zero-order chi connectivity index (χ0) is 13.1. The van der Waals surface area contributed by atoms with E-state index in [9.17, 15) is 4.79 Å². The van der Waals surface area contributed by atoms with Crippen LogP contribution in [0.25, 0.3) is 0 Å². The van der Waals surface area contributed by atoms with Gasteiger partial charge in [-0.1, -0.05) is 0 Å². The van der Waals surface area contributed by atoms with Gasteiger partial charge >= 0.3 is 0 Å². The molecule has 18 heavy (non-hydrogen) atoms. The van der Waals surface area contributed by atoms with Crippen LogP contribution in [0.15, 0.2) is 16.5 Å². The van der Waals surface area contributed by atoms with Crippen LogP contribution in [-0.4, -0.2) is 21.1 Å². The normalized spacial score (nSPS) is 10.4. The highest BCUT2D eigenvalue weighted by Crippen LogP contribution is 2.09. The molecule has 2 heterocycles. The topological polar surface area (TPSA) is 107 Å². The lowest BCUT2D eigenvalue weighted by molar-refractivity contribution is 0.0994. The lowest BCUT2D eigenvalue weighted by atomic mass is 10.4. The lowest BCUT2D eigenvalue weighted by Gasteiger charge is -2.02. The van der Waals surface area contributed by atoms with Crippen molar-refractivity contribution in [1.29, 1.82) is 0 Å². The molecule has 94 valence electrons. The molecule has 0 aliphatic rings. The summed E-state index contributed by atoms with van der Waals surface area (Å²) in [6.45, 7) is 3.83. The number of carbonyl (C=O) groups excluding carboxylic acids is 1. The smallest absolute Gasteiger partial charge is 0.293 e. The van der Waals surface area contributed by atoms with E-state index in [1.54, 1.807) is 26.0 Å². The summed E-state index contributed by atoms with van der Waals surface area (Å²) in [4.78, 5) is 15.9. The van der Waals surface area contributed by atoms with E-state index in [1.807, 2.05) is 0 Å². The van der Waals surface area contributed by atoms with Gasteiger partial charge in [0.15, 0.2) is 5.76 Å². The number of amides is 1. The van der Waals surface area contributed by atoms with E-state index in [0.717, 1.165) is 5.69 Å². The summed E-state index contributed by atoms with van der Waals surface area (Å²) in [5.41, 5.74) is 6.82. The molecule has 0 saturated heterocycles. The Kier molecular flexibility index (Phi) is 3.33. The number of furan rings is 1. The van der Waals surface area contributed by atoms with Gasteiger partial charge in [-0.25, -0.2) is 4.98 Å². The van der Waals surface area contributed by atoms with Crippen LogP contribution in [0, 0.1) is 13.8 Å². The molecule has 3 N–H and O–H groups in total. The fourth-order valence-electron chi connectivity index (χ4n) is 1.28. The van der Waals surface area contributed by atoms with Crippen molar-refractivity contribution in [3.8, 4) is 0 Å². The molecule has 7 nitrogen and oxygen atoms in total. The van der Waals surface area contributed by atoms with Crippen LogP contribution in [0.4, 0.5) is 5.95 Å². The number of nitrogens with one attached hydrogen (secondary N) is 1. The fraction of sp³-hybridized carbons (Fsp3) is 0.273. The van der Waals surface area contributed by atoms with Crippen LogP contribution in [0.2, 0.25) is 0 Å². The first-order valence-electron chi connectivity index (χ1n) is 5.38. The molecule has 0 fully saturated rings. The molecular weight excluding hydrogens is 234 g/mol. The monoisotopic (exact) mass is 247 g/mol. The first kappa shape index (κ1) is 12.2. The summed E-state index contributed by atoms with van der Waals surface area (Å²) in [5, 5.41) is 10.1. The van der Waals surface area contributed by atoms with E-state index >= 15 is 0 Å². The van der Waals surface area contributed by atoms with Crippen LogP contribution < -0.4 is 11.1 Å². The number of aromatic nitrogens is 3. The average molecular weight is 247 g/mol. The fourth-order valence-corrected chi connectivity index (χ4v) is 1.28. The van der Waals surface area contributed by atoms with Crippen molar-refractivity contribution in [2.45, 2.75) is 20.4 Å². The van der Waals surface area contributed by atoms with Gasteiger partial charge in [-0.3, -0.25) is 10.1 Å². The standard InChI is InChI=1S/C11H13N5O2/c1-6-7(2)15-16-11(13-6)14-10(17)9-4-3-8(5-12)18-9/h3-4H,5,12H2,1-2H3,(H,13,14,16,17). The Labute approximate surface area is 103 Å². The molecule has 2 rings (SSSR count). The molecule has 0 aromatic carbocycles. The Hall–Kier alpha value is -2.28. The molecular formula is C11H13N5O2. The maximum Gasteiger partial charge on any atom is 0.293 e. The van der Waals surface area contributed by atoms with E-state index in [1.165, 1.54) is 0 Å². The zero-order valence-corrected chi connectivity index (χ0v) is 10.1. The second-order valence-electron chi connectivity index (χ2n) is 3.73. The van der Waals surface area contributed by atoms with Gasteiger partial charge < -0.3 is 10.2 Å². The van der Waals surface area contributed by atoms with Crippen LogP contribution in [0.5, 0.6) is 0 Å². The molecule has 7 heteroatoms. The highest BCUT2D eigenvalue weighted by atomic mass is 16.4. The summed E-state index contributed by atoms with van der Waals surface area (Å²) in [6, 6.07) is 3.19. The van der Waals surface area contributed by atoms with Gasteiger partial charge in [0.1, 0.15) is 5.76 Å². The van der Waals surface area contributed by atoms with Crippen LogP contribution in [-0.2, 0) is 6.54 Å². The molecule has 0 spiro atoms. The number of nitrogens with two attached hydrogens (primary N) is 1. The van der Waals surface area contributed by atoms with Crippen molar-refractivity contribution in [2.24, 2.45) is 5.73 Å². The van der Waals surface area contributed by atoms with Gasteiger partial charge in [0.2, 0.25) is 5.95 Å². The largest absolute Gasteiger partial charge is 0.455 e. The first-order valence-corrected chi connectivity index (χ1v) is 5.38. The molecule has 2 aromatic rings. The molecule has 0 aliphatic carbocycles. The highest BCUT2D eigenvalue weighted by Gasteiger charge is 2.13. The highest BCUT2D eigenvalue weighted by molar-refractivity contribution is 6.01. The minimum atomic E-state index is -0.431. The van der Waals surface area contributed by atoms with Crippen LogP contribution in [0.1, 0.15) is 27.7 Å². The van der Waals surface area contributed by atoms with E-state index in [2.05, 4.69) is 20.5 Å². The van der Waals surface area contributed by atoms with Crippen molar-refractivity contribution in [3.63, 3.8) is 0 Å². The number of rotatable bonds is 3. The Bertz CT molecular complexity index is 579. The number of anilines is 1. The average Bonchev–Trinajstić information content (AvgIpc) is 2.82. The molecule has 1 amide bonds. The van der Waals surface area contributed by atoms with Gasteiger partial charge in [-0.2, -0.15) is 5.10 Å². The molecule has 2 aromatic heterocycles. The third-order valence-electron chi connectivity index (χ3n) is 2.40. The second kappa shape index (κ2) is 4.92. The number of carbonyl (C=O) groups is 1. The number of hydrogen-bond acceptors (Lipinski definition) is 6. The predicted octanol–water partition coefficient (Wildman–Crippen LogP) is 0.792. The minimum Gasteiger partial charge on any atom is -0.455 e. The van der Waals surface area contributed by atoms with Gasteiger partial charge in [0.25, 0.3) is 5.91 Å². The van der Waals surface area contributed by atoms with Gasteiger partial charge in [0, 0.05) is 0 Å². The number of hydrogen-bond donors (Lipinski definition) is 2. The third kappa shape index (κ3) is 2.51. The third-order valence-corrected chi connectivity index (χ3v) is 2.40. The molecule has 0 atom stereocenters. The number of aryl methyl sites for hydroxylation is 2. The number of nitrogens with zero attached hydrogens (tertiary/aromatic N) is 3. The van der Waals surface area contributed by atoms with Crippen molar-refractivity contribution in [2.75, 3.05) is 5.32 Å². The Morgan fingerprint density at radius 1 is 1.33 bits per heavy atom. The predicted molar refractivity (Wildman–Crippen MR) is 63.9 cm³/mol. The molecule has 0 radical (unpaired) electrons. The summed E-state index contributed by atoms with van der Waals surface area (Å²) in [5.74, 6) is 0.421. The van der Waals surface area contributed by atoms with E-state index in [4.69, 9.17) is 10.2 Å². The van der Waals surface area contributed by atoms with Crippen molar-refractivity contribution in [3.05, 3.63) is 35.0 Å². The Morgan fingerprint density at radius 3 is 2.72 bits per heavy atom. The Balaban J connectivity index is 2.13. The molecule has 0 saturated carbocycles. The van der Waals surface area contributed by atoms with Gasteiger partial charge in [0.05, 0.1) is 17.9 Å². The summed E-state index contributed by atoms with van der Waals surface area (Å²) < 4.78 is 5.21. The van der Waals surface area contributed by atoms with Crippen molar-refractivity contribution < 1.29 is 9.21 Å². The van der Waals surface area contributed by atoms with Crippen molar-refractivity contribution >= 4 is 11.9 Å². The first-order chi connectivity index (χ1) is 8.60. The maximum atomic E-state index is 11.8. The summed E-state index contributed by atoms with van der Waals surface area (Å²) in [7, 11) is 0. The lowest BCUT2D eigenvalue weighted by Crippen LogP contribution is -2.15. The SMILES string of the molecule is Cc1nnc(NC(=O)c2ccc(CN)o2)nc1C. The Morgan fingerprint density at radius 2 is 2.11 bits per heavy atom.